The average molecular weight is 455 g/mol. The molecule has 4 N–H and O–H groups in total. The first-order valence-corrected chi connectivity index (χ1v) is 11.8. The normalized spacial score (nSPS) is 16.5. The van der Waals surface area contributed by atoms with Crippen LogP contribution in [0.25, 0.3) is 11.2 Å². The third-order valence-electron chi connectivity index (χ3n) is 6.46. The maximum Gasteiger partial charge on any atom is 0.227 e. The molecule has 0 amide bonds. The number of benzene rings is 1. The molecular weight excluding hydrogens is 420 g/mol. The summed E-state index contributed by atoms with van der Waals surface area (Å²) in [5.74, 6) is 1.88. The number of aliphatic hydroxyl groups excluding tert-OH is 1. The first-order chi connectivity index (χ1) is 16.0. The Morgan fingerprint density at radius 3 is 2.70 bits per heavy atom. The Morgan fingerprint density at radius 2 is 2.00 bits per heavy atom. The van der Waals surface area contributed by atoms with Gasteiger partial charge in [-0.1, -0.05) is 26.2 Å². The van der Waals surface area contributed by atoms with Crippen LogP contribution >= 0.6 is 0 Å². The maximum absolute atomic E-state index is 10.3. The molecule has 33 heavy (non-hydrogen) atoms. The molecule has 2 unspecified atom stereocenters. The van der Waals surface area contributed by atoms with Crippen LogP contribution in [0, 0.1) is 0 Å². The number of methoxy groups -OCH3 is 1. The number of anilines is 2. The number of aliphatic hydroxyl groups is 1. The summed E-state index contributed by atoms with van der Waals surface area (Å²) in [5.41, 5.74) is 2.16. The van der Waals surface area contributed by atoms with Crippen LogP contribution in [0.4, 0.5) is 11.8 Å². The smallest absolute Gasteiger partial charge is 0.227 e. The second-order valence-electron chi connectivity index (χ2n) is 8.76. The van der Waals surface area contributed by atoms with Crippen LogP contribution in [0.3, 0.4) is 0 Å². The lowest BCUT2D eigenvalue weighted by Gasteiger charge is -2.24. The van der Waals surface area contributed by atoms with E-state index in [0.717, 1.165) is 24.9 Å². The minimum Gasteiger partial charge on any atom is -0.508 e. The molecule has 1 aliphatic rings. The van der Waals surface area contributed by atoms with Crippen LogP contribution in [0.15, 0.2) is 24.5 Å². The Balaban J connectivity index is 1.69. The van der Waals surface area contributed by atoms with Crippen molar-refractivity contribution >= 4 is 22.9 Å². The van der Waals surface area contributed by atoms with Gasteiger partial charge < -0.3 is 30.2 Å². The average Bonchev–Trinajstić information content (AvgIpc) is 3.26. The molecule has 4 rings (SSSR count). The van der Waals surface area contributed by atoms with Crippen LogP contribution in [-0.4, -0.2) is 49.0 Å². The van der Waals surface area contributed by atoms with E-state index in [1.165, 1.54) is 19.3 Å². The van der Waals surface area contributed by atoms with E-state index in [1.54, 1.807) is 32.2 Å². The van der Waals surface area contributed by atoms with Gasteiger partial charge in [0.25, 0.3) is 0 Å². The standard InChI is InChI=1S/C24H34N6O3/c1-4-19(15(2)31)27-24-28-22(25-13-16-12-18(33-3)10-11-20(16)32)21-23(29-24)30(14-26-21)17-8-6-5-7-9-17/h10-12,14-15,17,19,31-32H,4-9,13H2,1-3H3,(H2,25,27,28,29). The van der Waals surface area contributed by atoms with Gasteiger partial charge in [-0.05, 0) is 44.4 Å². The van der Waals surface area contributed by atoms with Gasteiger partial charge in [0.1, 0.15) is 11.5 Å². The molecule has 0 spiro atoms. The largest absolute Gasteiger partial charge is 0.508 e. The van der Waals surface area contributed by atoms with Gasteiger partial charge in [-0.2, -0.15) is 9.97 Å². The van der Waals surface area contributed by atoms with Crippen molar-refractivity contribution in [3.05, 3.63) is 30.1 Å². The number of nitrogens with one attached hydrogen (secondary N) is 2. The molecule has 1 aliphatic carbocycles. The number of hydrogen-bond donors (Lipinski definition) is 4. The Labute approximate surface area is 194 Å². The third-order valence-corrected chi connectivity index (χ3v) is 6.46. The van der Waals surface area contributed by atoms with Crippen LogP contribution < -0.4 is 15.4 Å². The molecule has 3 aromatic rings. The van der Waals surface area contributed by atoms with E-state index in [1.807, 2.05) is 13.3 Å². The Bertz CT molecular complexity index is 1080. The fourth-order valence-corrected chi connectivity index (χ4v) is 4.47. The summed E-state index contributed by atoms with van der Waals surface area (Å²) in [7, 11) is 1.60. The summed E-state index contributed by atoms with van der Waals surface area (Å²) < 4.78 is 7.45. The summed E-state index contributed by atoms with van der Waals surface area (Å²) in [4.78, 5) is 14.1. The van der Waals surface area contributed by atoms with Crippen molar-refractivity contribution in [2.75, 3.05) is 17.7 Å². The van der Waals surface area contributed by atoms with Crippen LogP contribution in [0.5, 0.6) is 11.5 Å². The molecule has 0 radical (unpaired) electrons. The number of rotatable bonds is 9. The number of imidazole rings is 1. The van der Waals surface area contributed by atoms with Gasteiger partial charge >= 0.3 is 0 Å². The van der Waals surface area contributed by atoms with Crippen molar-refractivity contribution in [3.63, 3.8) is 0 Å². The van der Waals surface area contributed by atoms with E-state index >= 15 is 0 Å². The molecule has 1 fully saturated rings. The van der Waals surface area contributed by atoms with Crippen LogP contribution in [0.1, 0.15) is 64.0 Å². The minimum absolute atomic E-state index is 0.163. The Hall–Kier alpha value is -3.07. The highest BCUT2D eigenvalue weighted by atomic mass is 16.5. The predicted octanol–water partition coefficient (Wildman–Crippen LogP) is 4.23. The highest BCUT2D eigenvalue weighted by Gasteiger charge is 2.22. The highest BCUT2D eigenvalue weighted by Crippen LogP contribution is 2.32. The second-order valence-corrected chi connectivity index (χ2v) is 8.76. The summed E-state index contributed by atoms with van der Waals surface area (Å²) in [6, 6.07) is 5.34. The molecular formula is C24H34N6O3. The number of aromatic hydroxyl groups is 1. The zero-order valence-electron chi connectivity index (χ0n) is 19.6. The fraction of sp³-hybridized carbons (Fsp3) is 0.542. The Morgan fingerprint density at radius 1 is 1.21 bits per heavy atom. The van der Waals surface area contributed by atoms with Gasteiger partial charge in [0.2, 0.25) is 5.95 Å². The number of phenols is 1. The van der Waals surface area contributed by atoms with Crippen molar-refractivity contribution in [2.24, 2.45) is 0 Å². The lowest BCUT2D eigenvalue weighted by Crippen LogP contribution is -2.31. The Kier molecular flexibility index (Phi) is 7.17. The van der Waals surface area contributed by atoms with Crippen molar-refractivity contribution in [1.82, 2.24) is 19.5 Å². The zero-order chi connectivity index (χ0) is 23.4. The van der Waals surface area contributed by atoms with Crippen LogP contribution in [0.2, 0.25) is 0 Å². The molecule has 0 aliphatic heterocycles. The predicted molar refractivity (Wildman–Crippen MR) is 129 cm³/mol. The van der Waals surface area contributed by atoms with E-state index in [9.17, 15) is 10.2 Å². The van der Waals surface area contributed by atoms with Crippen molar-refractivity contribution < 1.29 is 14.9 Å². The molecule has 0 saturated heterocycles. The monoisotopic (exact) mass is 454 g/mol. The van der Waals surface area contributed by atoms with Gasteiger partial charge in [-0.3, -0.25) is 0 Å². The molecule has 1 aromatic carbocycles. The summed E-state index contributed by atoms with van der Waals surface area (Å²) in [6.45, 7) is 4.12. The van der Waals surface area contributed by atoms with Crippen molar-refractivity contribution in [2.45, 2.75) is 77.1 Å². The minimum atomic E-state index is -0.539. The number of hydrogen-bond acceptors (Lipinski definition) is 8. The second kappa shape index (κ2) is 10.2. The molecule has 9 heteroatoms. The summed E-state index contributed by atoms with van der Waals surface area (Å²) in [6.07, 6.45) is 7.98. The number of aromatic nitrogens is 4. The van der Waals surface area contributed by atoms with Gasteiger partial charge in [0.15, 0.2) is 17.0 Å². The molecule has 2 atom stereocenters. The molecule has 9 nitrogen and oxygen atoms in total. The fourth-order valence-electron chi connectivity index (χ4n) is 4.47. The highest BCUT2D eigenvalue weighted by molar-refractivity contribution is 5.84. The van der Waals surface area contributed by atoms with Gasteiger partial charge in [0.05, 0.1) is 25.6 Å². The van der Waals surface area contributed by atoms with E-state index in [2.05, 4.69) is 25.2 Å². The van der Waals surface area contributed by atoms with Crippen molar-refractivity contribution in [1.29, 1.82) is 0 Å². The molecule has 178 valence electrons. The van der Waals surface area contributed by atoms with Crippen LogP contribution in [-0.2, 0) is 6.54 Å². The maximum atomic E-state index is 10.3. The third kappa shape index (κ3) is 5.13. The zero-order valence-corrected chi connectivity index (χ0v) is 19.6. The lowest BCUT2D eigenvalue weighted by molar-refractivity contribution is 0.169. The van der Waals surface area contributed by atoms with E-state index < -0.39 is 6.10 Å². The van der Waals surface area contributed by atoms with Gasteiger partial charge in [-0.15, -0.1) is 0 Å². The summed E-state index contributed by atoms with van der Waals surface area (Å²) in [5, 5.41) is 27.0. The quantitative estimate of drug-likeness (QED) is 0.379. The number of nitrogens with zero attached hydrogens (tertiary/aromatic N) is 4. The SMILES string of the molecule is CCC(Nc1nc(NCc2cc(OC)ccc2O)c2ncn(C3CCCCC3)c2n1)C(C)O. The summed E-state index contributed by atoms with van der Waals surface area (Å²) >= 11 is 0. The number of ether oxygens (including phenoxy) is 1. The molecule has 1 saturated carbocycles. The molecule has 2 heterocycles. The van der Waals surface area contributed by atoms with E-state index in [-0.39, 0.29) is 11.8 Å². The number of fused-ring (bicyclic) bond motifs is 1. The lowest BCUT2D eigenvalue weighted by atomic mass is 9.95. The topological polar surface area (TPSA) is 117 Å². The number of phenolic OH excluding ortho intramolecular Hbond substituents is 1. The van der Waals surface area contributed by atoms with E-state index in [0.29, 0.717) is 41.2 Å². The first kappa shape index (κ1) is 23.1. The molecule has 2 aromatic heterocycles. The first-order valence-electron chi connectivity index (χ1n) is 11.8. The molecule has 0 bridgehead atoms. The van der Waals surface area contributed by atoms with Gasteiger partial charge in [-0.25, -0.2) is 4.98 Å². The van der Waals surface area contributed by atoms with Crippen molar-refractivity contribution in [3.8, 4) is 11.5 Å². The van der Waals surface area contributed by atoms with Gasteiger partial charge in [0, 0.05) is 18.2 Å². The van der Waals surface area contributed by atoms with E-state index in [4.69, 9.17) is 9.72 Å².